The number of aromatic nitrogens is 4. The fourth-order valence-corrected chi connectivity index (χ4v) is 4.82. The third-order valence-electron chi connectivity index (χ3n) is 6.56. The van der Waals surface area contributed by atoms with E-state index in [0.29, 0.717) is 6.04 Å². The standard InChI is InChI=1S/C24H28N6O/c31-24(23-11-10-22(29-23)17-4-2-1-3-5-17)28-19-6-8-20(9-7-19)30-15-18(14-27-30)21-12-13-25-16-26-21/h1-5,12-16,19-20,22-23,29H,6-11H2,(H,28,31)/t19?,20?,22-,23-/m1/s1. The van der Waals surface area contributed by atoms with E-state index in [1.807, 2.05) is 18.3 Å². The summed E-state index contributed by atoms with van der Waals surface area (Å²) in [7, 11) is 0. The summed E-state index contributed by atoms with van der Waals surface area (Å²) in [6, 6.07) is 13.1. The first-order chi connectivity index (χ1) is 15.3. The van der Waals surface area contributed by atoms with E-state index in [1.54, 1.807) is 12.5 Å². The Morgan fingerprint density at radius 1 is 1.03 bits per heavy atom. The van der Waals surface area contributed by atoms with Crippen molar-refractivity contribution in [2.24, 2.45) is 0 Å². The predicted molar refractivity (Wildman–Crippen MR) is 118 cm³/mol. The molecule has 31 heavy (non-hydrogen) atoms. The first kappa shape index (κ1) is 19.9. The van der Waals surface area contributed by atoms with Crippen molar-refractivity contribution in [2.75, 3.05) is 0 Å². The summed E-state index contributed by atoms with van der Waals surface area (Å²) in [6.07, 6.45) is 13.1. The van der Waals surface area contributed by atoms with Crippen LogP contribution in [0.4, 0.5) is 0 Å². The molecule has 5 rings (SSSR count). The molecule has 1 aliphatic heterocycles. The lowest BCUT2D eigenvalue weighted by Crippen LogP contribution is -2.46. The molecule has 7 heteroatoms. The summed E-state index contributed by atoms with van der Waals surface area (Å²) in [6.45, 7) is 0. The molecular weight excluding hydrogens is 388 g/mol. The van der Waals surface area contributed by atoms with Gasteiger partial charge in [-0.1, -0.05) is 30.3 Å². The van der Waals surface area contributed by atoms with Gasteiger partial charge >= 0.3 is 0 Å². The van der Waals surface area contributed by atoms with Gasteiger partial charge in [0, 0.05) is 30.0 Å². The Balaban J connectivity index is 1.11. The van der Waals surface area contributed by atoms with Crippen molar-refractivity contribution in [1.82, 2.24) is 30.4 Å². The molecule has 2 atom stereocenters. The number of nitrogens with zero attached hydrogens (tertiary/aromatic N) is 4. The van der Waals surface area contributed by atoms with Gasteiger partial charge in [0.25, 0.3) is 0 Å². The van der Waals surface area contributed by atoms with E-state index in [9.17, 15) is 4.79 Å². The number of nitrogens with one attached hydrogen (secondary N) is 2. The molecule has 1 amide bonds. The van der Waals surface area contributed by atoms with E-state index < -0.39 is 0 Å². The van der Waals surface area contributed by atoms with Crippen molar-refractivity contribution in [1.29, 1.82) is 0 Å². The molecule has 2 aliphatic rings. The van der Waals surface area contributed by atoms with Gasteiger partial charge in [-0.15, -0.1) is 0 Å². The van der Waals surface area contributed by atoms with Crippen molar-refractivity contribution in [3.8, 4) is 11.3 Å². The molecule has 1 aliphatic carbocycles. The fourth-order valence-electron chi connectivity index (χ4n) is 4.82. The van der Waals surface area contributed by atoms with Crippen LogP contribution >= 0.6 is 0 Å². The van der Waals surface area contributed by atoms with Crippen LogP contribution in [0.25, 0.3) is 11.3 Å². The quantitative estimate of drug-likeness (QED) is 0.666. The van der Waals surface area contributed by atoms with Gasteiger partial charge in [0.05, 0.1) is 24.0 Å². The van der Waals surface area contributed by atoms with Crippen LogP contribution < -0.4 is 10.6 Å². The van der Waals surface area contributed by atoms with Gasteiger partial charge in [-0.05, 0) is 50.2 Å². The second-order valence-corrected chi connectivity index (χ2v) is 8.58. The number of carbonyl (C=O) groups excluding carboxylic acids is 1. The Morgan fingerprint density at radius 2 is 1.87 bits per heavy atom. The van der Waals surface area contributed by atoms with E-state index in [2.05, 4.69) is 60.8 Å². The van der Waals surface area contributed by atoms with Crippen molar-refractivity contribution < 1.29 is 4.79 Å². The van der Waals surface area contributed by atoms with Crippen LogP contribution in [0.3, 0.4) is 0 Å². The highest BCUT2D eigenvalue weighted by atomic mass is 16.2. The monoisotopic (exact) mass is 416 g/mol. The van der Waals surface area contributed by atoms with Crippen LogP contribution in [-0.4, -0.2) is 37.7 Å². The van der Waals surface area contributed by atoms with E-state index >= 15 is 0 Å². The lowest BCUT2D eigenvalue weighted by Gasteiger charge is -2.30. The minimum absolute atomic E-state index is 0.0931. The lowest BCUT2D eigenvalue weighted by atomic mass is 9.91. The van der Waals surface area contributed by atoms with Gasteiger partial charge in [0.1, 0.15) is 6.33 Å². The maximum Gasteiger partial charge on any atom is 0.237 e. The Bertz CT molecular complexity index is 997. The largest absolute Gasteiger partial charge is 0.352 e. The molecule has 1 aromatic carbocycles. The Kier molecular flexibility index (Phi) is 5.76. The molecule has 0 radical (unpaired) electrons. The summed E-state index contributed by atoms with van der Waals surface area (Å²) in [5.41, 5.74) is 3.16. The molecule has 1 saturated heterocycles. The highest BCUT2D eigenvalue weighted by Crippen LogP contribution is 2.30. The average molecular weight is 417 g/mol. The first-order valence-electron chi connectivity index (χ1n) is 11.2. The van der Waals surface area contributed by atoms with Gasteiger partial charge in [0.15, 0.2) is 0 Å². The molecule has 1 saturated carbocycles. The second-order valence-electron chi connectivity index (χ2n) is 8.58. The molecule has 3 heterocycles. The van der Waals surface area contributed by atoms with Crippen molar-refractivity contribution in [3.05, 3.63) is 66.9 Å². The summed E-state index contributed by atoms with van der Waals surface area (Å²) in [5.74, 6) is 0.145. The maximum atomic E-state index is 12.8. The van der Waals surface area contributed by atoms with Crippen LogP contribution in [0, 0.1) is 0 Å². The highest BCUT2D eigenvalue weighted by Gasteiger charge is 2.32. The van der Waals surface area contributed by atoms with Gasteiger partial charge in [-0.25, -0.2) is 9.97 Å². The van der Waals surface area contributed by atoms with Crippen molar-refractivity contribution in [3.63, 3.8) is 0 Å². The summed E-state index contributed by atoms with van der Waals surface area (Å²) < 4.78 is 2.05. The molecule has 2 fully saturated rings. The van der Waals surface area contributed by atoms with Gasteiger partial charge < -0.3 is 5.32 Å². The van der Waals surface area contributed by atoms with E-state index in [0.717, 1.165) is 49.8 Å². The number of hydrogen-bond acceptors (Lipinski definition) is 5. The topological polar surface area (TPSA) is 84.7 Å². The van der Waals surface area contributed by atoms with Gasteiger partial charge in [-0.2, -0.15) is 5.10 Å². The zero-order valence-electron chi connectivity index (χ0n) is 17.5. The fraction of sp³-hybridized carbons (Fsp3) is 0.417. The van der Waals surface area contributed by atoms with Gasteiger partial charge in [0.2, 0.25) is 5.91 Å². The SMILES string of the molecule is O=C(NC1CCC(n2cc(-c3ccncn3)cn2)CC1)[C@H]1CC[C@H](c2ccccc2)N1. The highest BCUT2D eigenvalue weighted by molar-refractivity contribution is 5.82. The molecular formula is C24H28N6O. The van der Waals surface area contributed by atoms with E-state index in [-0.39, 0.29) is 24.0 Å². The number of amides is 1. The normalized spacial score (nSPS) is 25.9. The van der Waals surface area contributed by atoms with Crippen molar-refractivity contribution >= 4 is 5.91 Å². The molecule has 7 nitrogen and oxygen atoms in total. The summed E-state index contributed by atoms with van der Waals surface area (Å²) >= 11 is 0. The molecule has 160 valence electrons. The van der Waals surface area contributed by atoms with E-state index in [1.165, 1.54) is 5.56 Å². The van der Waals surface area contributed by atoms with Crippen LogP contribution in [0.5, 0.6) is 0 Å². The van der Waals surface area contributed by atoms with Crippen LogP contribution in [0.15, 0.2) is 61.3 Å². The Morgan fingerprint density at radius 3 is 2.65 bits per heavy atom. The molecule has 0 unspecified atom stereocenters. The minimum atomic E-state index is -0.0931. The van der Waals surface area contributed by atoms with Crippen molar-refractivity contribution in [2.45, 2.75) is 62.7 Å². The Hall–Kier alpha value is -3.06. The zero-order chi connectivity index (χ0) is 21.0. The predicted octanol–water partition coefficient (Wildman–Crippen LogP) is 3.43. The molecule has 3 aromatic rings. The number of benzene rings is 1. The smallest absolute Gasteiger partial charge is 0.237 e. The summed E-state index contributed by atoms with van der Waals surface area (Å²) in [5, 5.41) is 11.4. The molecule has 0 spiro atoms. The third kappa shape index (κ3) is 4.51. The molecule has 0 bridgehead atoms. The average Bonchev–Trinajstić information content (AvgIpc) is 3.51. The van der Waals surface area contributed by atoms with Crippen LogP contribution in [0.1, 0.15) is 56.2 Å². The second kappa shape index (κ2) is 8.98. The lowest BCUT2D eigenvalue weighted by molar-refractivity contribution is -0.123. The Labute approximate surface area is 182 Å². The number of carbonyl (C=O) groups is 1. The first-order valence-corrected chi connectivity index (χ1v) is 11.2. The minimum Gasteiger partial charge on any atom is -0.352 e. The van der Waals surface area contributed by atoms with E-state index in [4.69, 9.17) is 0 Å². The van der Waals surface area contributed by atoms with Gasteiger partial charge in [-0.3, -0.25) is 14.8 Å². The van der Waals surface area contributed by atoms with Crippen LogP contribution in [0.2, 0.25) is 0 Å². The number of hydrogen-bond donors (Lipinski definition) is 2. The summed E-state index contributed by atoms with van der Waals surface area (Å²) in [4.78, 5) is 21.1. The van der Waals surface area contributed by atoms with Crippen LogP contribution in [-0.2, 0) is 4.79 Å². The number of rotatable bonds is 5. The third-order valence-corrected chi connectivity index (χ3v) is 6.56. The molecule has 2 N–H and O–H groups in total. The zero-order valence-corrected chi connectivity index (χ0v) is 17.5. The maximum absolute atomic E-state index is 12.8. The molecule has 2 aromatic heterocycles.